The van der Waals surface area contributed by atoms with Gasteiger partial charge in [-0.3, -0.25) is 14.4 Å². The molecule has 0 amide bonds. The van der Waals surface area contributed by atoms with E-state index in [1.807, 2.05) is 18.2 Å². The van der Waals surface area contributed by atoms with Crippen LogP contribution in [0.2, 0.25) is 0 Å². The highest BCUT2D eigenvalue weighted by Gasteiger charge is 2.19. The second-order valence-electron chi connectivity index (χ2n) is 15.4. The Balaban J connectivity index is 4.42. The number of rotatable bonds is 41. The molecule has 0 fully saturated rings. The second-order valence-corrected chi connectivity index (χ2v) is 15.4. The van der Waals surface area contributed by atoms with Gasteiger partial charge in [-0.05, 0) is 57.8 Å². The van der Waals surface area contributed by atoms with E-state index in [2.05, 4.69) is 63.3 Å². The summed E-state index contributed by atoms with van der Waals surface area (Å²) < 4.78 is 16.7. The molecule has 0 rings (SSSR count). The molecule has 0 spiro atoms. The number of carbonyl (C=O) groups is 3. The molecule has 322 valence electrons. The standard InChI is InChI=1S/C50H86O6/c1-4-7-10-13-16-19-22-24-25-26-29-31-34-37-40-43-49(52)55-46-47(45-54-48(51)42-39-36-33-30-27-21-18-15-12-9-6-3)56-50(53)44-41-38-35-32-28-23-20-17-14-11-8-5-2/h7,10,13,15-16,18-19,22,24-25,47H,4-6,8-9,11-12,14,17,20-21,23,26-46H2,1-3H3/b10-7-,16-13-,18-15-,22-19-,25-24-. The van der Waals surface area contributed by atoms with E-state index >= 15 is 0 Å². The summed E-state index contributed by atoms with van der Waals surface area (Å²) in [5.41, 5.74) is 0. The topological polar surface area (TPSA) is 78.9 Å². The van der Waals surface area contributed by atoms with Gasteiger partial charge in [0.2, 0.25) is 0 Å². The quantitative estimate of drug-likeness (QED) is 0.0202. The third-order valence-corrected chi connectivity index (χ3v) is 9.85. The Bertz CT molecular complexity index is 1040. The molecule has 0 aliphatic heterocycles. The van der Waals surface area contributed by atoms with Crippen LogP contribution in [-0.4, -0.2) is 37.2 Å². The normalized spacial score (nSPS) is 12.6. The Morgan fingerprint density at radius 1 is 0.375 bits per heavy atom. The molecule has 6 heteroatoms. The summed E-state index contributed by atoms with van der Waals surface area (Å²) in [6.45, 7) is 6.42. The second kappa shape index (κ2) is 44.8. The predicted molar refractivity (Wildman–Crippen MR) is 238 cm³/mol. The Hall–Kier alpha value is -2.89. The molecule has 6 nitrogen and oxygen atoms in total. The molecule has 0 N–H and O–H groups in total. The predicted octanol–water partition coefficient (Wildman–Crippen LogP) is 14.9. The Labute approximate surface area is 345 Å². The van der Waals surface area contributed by atoms with Gasteiger partial charge in [-0.1, -0.05) is 204 Å². The van der Waals surface area contributed by atoms with E-state index in [1.54, 1.807) is 0 Å². The fraction of sp³-hybridized carbons (Fsp3) is 0.740. The highest BCUT2D eigenvalue weighted by atomic mass is 16.6. The first kappa shape index (κ1) is 53.1. The fourth-order valence-electron chi connectivity index (χ4n) is 6.31. The molecule has 0 saturated carbocycles. The zero-order valence-corrected chi connectivity index (χ0v) is 36.6. The van der Waals surface area contributed by atoms with E-state index in [9.17, 15) is 14.4 Å². The van der Waals surface area contributed by atoms with Gasteiger partial charge >= 0.3 is 17.9 Å². The van der Waals surface area contributed by atoms with Crippen LogP contribution in [0.1, 0.15) is 220 Å². The van der Waals surface area contributed by atoms with E-state index in [4.69, 9.17) is 14.2 Å². The van der Waals surface area contributed by atoms with Crippen molar-refractivity contribution in [2.75, 3.05) is 13.2 Å². The van der Waals surface area contributed by atoms with Crippen molar-refractivity contribution >= 4 is 17.9 Å². The maximum Gasteiger partial charge on any atom is 0.306 e. The summed E-state index contributed by atoms with van der Waals surface area (Å²) >= 11 is 0. The van der Waals surface area contributed by atoms with Gasteiger partial charge in [0, 0.05) is 19.3 Å². The molecule has 0 aromatic heterocycles. The number of esters is 3. The van der Waals surface area contributed by atoms with Crippen LogP contribution in [0.15, 0.2) is 60.8 Å². The molecule has 1 unspecified atom stereocenters. The zero-order valence-electron chi connectivity index (χ0n) is 36.6. The van der Waals surface area contributed by atoms with Gasteiger partial charge < -0.3 is 14.2 Å². The van der Waals surface area contributed by atoms with Gasteiger partial charge in [-0.2, -0.15) is 0 Å². The summed E-state index contributed by atoms with van der Waals surface area (Å²) in [4.78, 5) is 37.8. The first-order valence-corrected chi connectivity index (χ1v) is 23.3. The van der Waals surface area contributed by atoms with Crippen molar-refractivity contribution in [1.29, 1.82) is 0 Å². The van der Waals surface area contributed by atoms with Gasteiger partial charge in [0.1, 0.15) is 13.2 Å². The molecule has 0 saturated heterocycles. The lowest BCUT2D eigenvalue weighted by Crippen LogP contribution is -2.30. The van der Waals surface area contributed by atoms with E-state index in [0.717, 1.165) is 89.9 Å². The van der Waals surface area contributed by atoms with Crippen LogP contribution >= 0.6 is 0 Å². The van der Waals surface area contributed by atoms with Gasteiger partial charge in [-0.25, -0.2) is 0 Å². The van der Waals surface area contributed by atoms with Gasteiger partial charge in [-0.15, -0.1) is 0 Å². The SMILES string of the molecule is CC\C=C/C=C\C=C/C=C\CCCCCCCC(=O)OCC(COC(=O)CCCCCCC/C=C\CCCC)OC(=O)CCCCCCCCCCCCCC. The Morgan fingerprint density at radius 2 is 0.732 bits per heavy atom. The first-order valence-electron chi connectivity index (χ1n) is 23.3. The fourth-order valence-corrected chi connectivity index (χ4v) is 6.31. The summed E-state index contributed by atoms with van der Waals surface area (Å²) in [6, 6.07) is 0. The van der Waals surface area contributed by atoms with E-state index in [0.29, 0.717) is 19.3 Å². The number of carbonyl (C=O) groups excluding carboxylic acids is 3. The minimum Gasteiger partial charge on any atom is -0.462 e. The van der Waals surface area contributed by atoms with E-state index in [1.165, 1.54) is 89.9 Å². The Morgan fingerprint density at radius 3 is 1.20 bits per heavy atom. The molecule has 0 aromatic carbocycles. The van der Waals surface area contributed by atoms with Crippen molar-refractivity contribution in [3.05, 3.63) is 60.8 Å². The van der Waals surface area contributed by atoms with Crippen LogP contribution in [0.25, 0.3) is 0 Å². The number of unbranched alkanes of at least 4 members (excludes halogenated alkanes) is 23. The van der Waals surface area contributed by atoms with Crippen LogP contribution in [0.4, 0.5) is 0 Å². The Kier molecular flexibility index (Phi) is 42.5. The maximum absolute atomic E-state index is 12.7. The lowest BCUT2D eigenvalue weighted by molar-refractivity contribution is -0.167. The molecule has 0 aliphatic rings. The summed E-state index contributed by atoms with van der Waals surface area (Å²) in [5, 5.41) is 0. The maximum atomic E-state index is 12.7. The van der Waals surface area contributed by atoms with Crippen molar-refractivity contribution in [2.45, 2.75) is 226 Å². The van der Waals surface area contributed by atoms with E-state index in [-0.39, 0.29) is 31.1 Å². The minimum absolute atomic E-state index is 0.0854. The van der Waals surface area contributed by atoms with Crippen molar-refractivity contribution in [2.24, 2.45) is 0 Å². The molecule has 56 heavy (non-hydrogen) atoms. The number of hydrogen-bond donors (Lipinski definition) is 0. The van der Waals surface area contributed by atoms with Crippen LogP contribution < -0.4 is 0 Å². The molecule has 1 atom stereocenters. The number of hydrogen-bond acceptors (Lipinski definition) is 6. The van der Waals surface area contributed by atoms with Gasteiger partial charge in [0.25, 0.3) is 0 Å². The van der Waals surface area contributed by atoms with Gasteiger partial charge in [0.15, 0.2) is 6.10 Å². The first-order chi connectivity index (χ1) is 27.5. The summed E-state index contributed by atoms with van der Waals surface area (Å²) in [6.07, 6.45) is 53.4. The molecule has 0 aliphatic carbocycles. The van der Waals surface area contributed by atoms with Crippen molar-refractivity contribution < 1.29 is 28.6 Å². The number of allylic oxidation sites excluding steroid dienone is 10. The molecule has 0 heterocycles. The molecule has 0 aromatic rings. The van der Waals surface area contributed by atoms with Crippen molar-refractivity contribution in [3.8, 4) is 0 Å². The van der Waals surface area contributed by atoms with Crippen LogP contribution in [-0.2, 0) is 28.6 Å². The van der Waals surface area contributed by atoms with E-state index < -0.39 is 6.10 Å². The smallest absolute Gasteiger partial charge is 0.306 e. The van der Waals surface area contributed by atoms with Gasteiger partial charge in [0.05, 0.1) is 0 Å². The molecular formula is C50H86O6. The average Bonchev–Trinajstić information content (AvgIpc) is 3.19. The van der Waals surface area contributed by atoms with Crippen molar-refractivity contribution in [3.63, 3.8) is 0 Å². The summed E-state index contributed by atoms with van der Waals surface area (Å²) in [7, 11) is 0. The largest absolute Gasteiger partial charge is 0.462 e. The highest BCUT2D eigenvalue weighted by molar-refractivity contribution is 5.71. The lowest BCUT2D eigenvalue weighted by atomic mass is 10.0. The highest BCUT2D eigenvalue weighted by Crippen LogP contribution is 2.14. The number of ether oxygens (including phenoxy) is 3. The molecular weight excluding hydrogens is 697 g/mol. The zero-order chi connectivity index (χ0) is 40.8. The minimum atomic E-state index is -0.782. The van der Waals surface area contributed by atoms with Crippen LogP contribution in [0.3, 0.4) is 0 Å². The van der Waals surface area contributed by atoms with Crippen LogP contribution in [0.5, 0.6) is 0 Å². The average molecular weight is 783 g/mol. The van der Waals surface area contributed by atoms with Crippen LogP contribution in [0, 0.1) is 0 Å². The summed E-state index contributed by atoms with van der Waals surface area (Å²) in [5.74, 6) is -0.919. The lowest BCUT2D eigenvalue weighted by Gasteiger charge is -2.18. The molecule has 0 radical (unpaired) electrons. The van der Waals surface area contributed by atoms with Crippen molar-refractivity contribution in [1.82, 2.24) is 0 Å². The molecule has 0 bridgehead atoms. The monoisotopic (exact) mass is 783 g/mol. The third kappa shape index (κ3) is 42.3. The third-order valence-electron chi connectivity index (χ3n) is 9.85.